The van der Waals surface area contributed by atoms with E-state index >= 15 is 0 Å². The fourth-order valence-corrected chi connectivity index (χ4v) is 3.95. The predicted octanol–water partition coefficient (Wildman–Crippen LogP) is 2.81. The average Bonchev–Trinajstić information content (AvgIpc) is 2.73. The number of piperidine rings is 2. The number of fused-ring (bicyclic) bond motifs is 1. The van der Waals surface area contributed by atoms with Crippen molar-refractivity contribution in [1.29, 1.82) is 0 Å². The maximum Gasteiger partial charge on any atom is 0.198 e. The monoisotopic (exact) mass is 382 g/mol. The van der Waals surface area contributed by atoms with Crippen molar-refractivity contribution in [2.75, 3.05) is 36.0 Å². The molecular formula is C20H26N6O2. The molecule has 0 bridgehead atoms. The van der Waals surface area contributed by atoms with Gasteiger partial charge < -0.3 is 9.80 Å². The Bertz CT molecular complexity index is 841. The van der Waals surface area contributed by atoms with Crippen LogP contribution in [0.25, 0.3) is 11.0 Å². The zero-order chi connectivity index (χ0) is 19.7. The van der Waals surface area contributed by atoms with E-state index in [1.807, 2.05) is 0 Å². The maximum atomic E-state index is 12.1. The van der Waals surface area contributed by atoms with Crippen molar-refractivity contribution in [1.82, 2.24) is 19.9 Å². The summed E-state index contributed by atoms with van der Waals surface area (Å²) in [6.45, 7) is 6.41. The predicted molar refractivity (Wildman–Crippen MR) is 107 cm³/mol. The van der Waals surface area contributed by atoms with E-state index in [0.717, 1.165) is 51.9 Å². The lowest BCUT2D eigenvalue weighted by molar-refractivity contribution is 0.0995. The smallest absolute Gasteiger partial charge is 0.198 e. The van der Waals surface area contributed by atoms with Gasteiger partial charge in [-0.2, -0.15) is 0 Å². The van der Waals surface area contributed by atoms with E-state index in [1.165, 1.54) is 26.7 Å². The number of aromatic nitrogens is 4. The van der Waals surface area contributed by atoms with Crippen LogP contribution in [0.2, 0.25) is 0 Å². The zero-order valence-corrected chi connectivity index (χ0v) is 16.6. The first kappa shape index (κ1) is 18.7. The summed E-state index contributed by atoms with van der Waals surface area (Å²) in [5.74, 6) is 1.31. The summed E-state index contributed by atoms with van der Waals surface area (Å²) in [7, 11) is 0. The van der Waals surface area contributed by atoms with Crippen LogP contribution in [0.5, 0.6) is 0 Å². The van der Waals surface area contributed by atoms with Crippen LogP contribution in [0.4, 0.5) is 11.6 Å². The highest BCUT2D eigenvalue weighted by molar-refractivity contribution is 6.01. The number of carbonyl (C=O) groups is 2. The van der Waals surface area contributed by atoms with Crippen molar-refractivity contribution in [3.63, 3.8) is 0 Å². The van der Waals surface area contributed by atoms with E-state index in [2.05, 4.69) is 29.7 Å². The van der Waals surface area contributed by atoms with Gasteiger partial charge in [0.25, 0.3) is 0 Å². The largest absolute Gasteiger partial charge is 0.355 e. The number of hydrogen-bond donors (Lipinski definition) is 0. The summed E-state index contributed by atoms with van der Waals surface area (Å²) in [5.41, 5.74) is 1.15. The molecular weight excluding hydrogens is 356 g/mol. The fourth-order valence-electron chi connectivity index (χ4n) is 3.95. The lowest BCUT2D eigenvalue weighted by atomic mass is 10.1. The molecule has 0 aromatic carbocycles. The minimum absolute atomic E-state index is 0.180. The number of hydrogen-bond acceptors (Lipinski definition) is 8. The van der Waals surface area contributed by atoms with Gasteiger partial charge in [-0.15, -0.1) is 0 Å². The van der Waals surface area contributed by atoms with Crippen LogP contribution >= 0.6 is 0 Å². The topological polar surface area (TPSA) is 92.2 Å². The highest BCUT2D eigenvalue weighted by Crippen LogP contribution is 2.31. The molecule has 2 aliphatic heterocycles. The van der Waals surface area contributed by atoms with Crippen molar-refractivity contribution in [2.45, 2.75) is 52.4 Å². The summed E-state index contributed by atoms with van der Waals surface area (Å²) in [4.78, 5) is 46.8. The molecule has 0 amide bonds. The van der Waals surface area contributed by atoms with E-state index in [9.17, 15) is 9.59 Å². The number of nitrogens with zero attached hydrogens (tertiary/aromatic N) is 6. The molecule has 8 nitrogen and oxygen atoms in total. The summed E-state index contributed by atoms with van der Waals surface area (Å²) < 4.78 is 0. The van der Waals surface area contributed by atoms with Crippen molar-refractivity contribution >= 4 is 34.2 Å². The molecule has 0 saturated carbocycles. The Kier molecular flexibility index (Phi) is 5.19. The number of Topliss-reactive ketones (excluding diaryl/α,β-unsaturated/α-hetero) is 2. The summed E-state index contributed by atoms with van der Waals surface area (Å²) in [6.07, 6.45) is 6.67. The number of anilines is 2. The van der Waals surface area contributed by atoms with Gasteiger partial charge in [-0.05, 0) is 38.5 Å². The third-order valence-electron chi connectivity index (χ3n) is 5.45. The molecule has 0 unspecified atom stereocenters. The van der Waals surface area contributed by atoms with Crippen molar-refractivity contribution in [3.05, 3.63) is 11.6 Å². The van der Waals surface area contributed by atoms with Crippen LogP contribution in [0.3, 0.4) is 0 Å². The first-order valence-corrected chi connectivity index (χ1v) is 10.2. The SMILES string of the molecule is CC(=O)c1nc(N2CCCCC2)c2nc(C(C)=O)nc(N3CCCCC3)c2n1. The lowest BCUT2D eigenvalue weighted by Crippen LogP contribution is -2.33. The van der Waals surface area contributed by atoms with E-state index < -0.39 is 0 Å². The first-order valence-electron chi connectivity index (χ1n) is 10.2. The van der Waals surface area contributed by atoms with E-state index in [1.54, 1.807) is 0 Å². The van der Waals surface area contributed by atoms with Gasteiger partial charge in [-0.3, -0.25) is 9.59 Å². The van der Waals surface area contributed by atoms with Gasteiger partial charge in [-0.25, -0.2) is 19.9 Å². The van der Waals surface area contributed by atoms with Crippen LogP contribution in [-0.4, -0.2) is 57.7 Å². The summed E-state index contributed by atoms with van der Waals surface area (Å²) in [6, 6.07) is 0. The van der Waals surface area contributed by atoms with Gasteiger partial charge in [0, 0.05) is 40.0 Å². The standard InChI is InChI=1S/C20H26N6O2/c1-13(27)17-21-15-16(19(23-17)25-9-5-3-6-10-25)22-18(14(2)28)24-20(15)26-11-7-4-8-12-26/h3-12H2,1-2H3. The van der Waals surface area contributed by atoms with Gasteiger partial charge >= 0.3 is 0 Å². The molecule has 2 aromatic rings. The Morgan fingerprint density at radius 2 is 0.964 bits per heavy atom. The van der Waals surface area contributed by atoms with E-state index in [-0.39, 0.29) is 23.2 Å². The second kappa shape index (κ2) is 7.77. The van der Waals surface area contributed by atoms with Crippen LogP contribution < -0.4 is 9.80 Å². The van der Waals surface area contributed by atoms with Gasteiger partial charge in [0.05, 0.1) is 0 Å². The van der Waals surface area contributed by atoms with Crippen LogP contribution in [0, 0.1) is 0 Å². The van der Waals surface area contributed by atoms with Crippen molar-refractivity contribution in [2.24, 2.45) is 0 Å². The van der Waals surface area contributed by atoms with Crippen LogP contribution in [0.15, 0.2) is 0 Å². The Morgan fingerprint density at radius 1 is 0.607 bits per heavy atom. The average molecular weight is 382 g/mol. The molecule has 8 heteroatoms. The van der Waals surface area contributed by atoms with Gasteiger partial charge in [0.1, 0.15) is 11.0 Å². The van der Waals surface area contributed by atoms with Crippen molar-refractivity contribution < 1.29 is 9.59 Å². The Morgan fingerprint density at radius 3 is 1.29 bits per heavy atom. The molecule has 2 aliphatic rings. The van der Waals surface area contributed by atoms with Crippen LogP contribution in [-0.2, 0) is 0 Å². The van der Waals surface area contributed by atoms with Crippen LogP contribution in [0.1, 0.15) is 73.6 Å². The molecule has 4 heterocycles. The molecule has 2 fully saturated rings. The first-order chi connectivity index (χ1) is 13.5. The molecule has 2 aromatic heterocycles. The van der Waals surface area contributed by atoms with E-state index in [4.69, 9.17) is 0 Å². The molecule has 0 aliphatic carbocycles. The molecule has 4 rings (SSSR count). The zero-order valence-electron chi connectivity index (χ0n) is 16.6. The number of rotatable bonds is 4. The Labute approximate surface area is 164 Å². The third-order valence-corrected chi connectivity index (χ3v) is 5.45. The Hall–Kier alpha value is -2.64. The molecule has 28 heavy (non-hydrogen) atoms. The highest BCUT2D eigenvalue weighted by atomic mass is 16.1. The molecule has 2 saturated heterocycles. The summed E-state index contributed by atoms with van der Waals surface area (Å²) >= 11 is 0. The second-order valence-corrected chi connectivity index (χ2v) is 7.65. The van der Waals surface area contributed by atoms with Gasteiger partial charge in [0.15, 0.2) is 34.9 Å². The maximum absolute atomic E-state index is 12.1. The Balaban J connectivity index is 1.97. The quantitative estimate of drug-likeness (QED) is 0.746. The molecule has 0 radical (unpaired) electrons. The van der Waals surface area contributed by atoms with Gasteiger partial charge in [-0.1, -0.05) is 0 Å². The molecule has 0 N–H and O–H groups in total. The number of ketones is 2. The molecule has 0 atom stereocenters. The fraction of sp³-hybridized carbons (Fsp3) is 0.600. The summed E-state index contributed by atoms with van der Waals surface area (Å²) in [5, 5.41) is 0. The normalized spacial score (nSPS) is 17.8. The second-order valence-electron chi connectivity index (χ2n) is 7.65. The molecule has 0 spiro atoms. The highest BCUT2D eigenvalue weighted by Gasteiger charge is 2.26. The van der Waals surface area contributed by atoms with Crippen molar-refractivity contribution in [3.8, 4) is 0 Å². The molecule has 148 valence electrons. The minimum atomic E-state index is -0.180. The minimum Gasteiger partial charge on any atom is -0.355 e. The van der Waals surface area contributed by atoms with Gasteiger partial charge in [0.2, 0.25) is 0 Å². The third kappa shape index (κ3) is 3.55. The lowest BCUT2D eigenvalue weighted by Gasteiger charge is -2.30. The van der Waals surface area contributed by atoms with E-state index in [0.29, 0.717) is 22.7 Å². The number of carbonyl (C=O) groups excluding carboxylic acids is 2.